The van der Waals surface area contributed by atoms with Crippen LogP contribution in [0.1, 0.15) is 89.9 Å². The SMILES string of the molecule is CCCCCCCCCn1c(C(N)CCCC)nc2ccccc21. The molecule has 0 aliphatic carbocycles. The van der Waals surface area contributed by atoms with Gasteiger partial charge in [-0.3, -0.25) is 0 Å². The molecule has 1 unspecified atom stereocenters. The van der Waals surface area contributed by atoms with Gasteiger partial charge >= 0.3 is 0 Å². The molecule has 0 spiro atoms. The van der Waals surface area contributed by atoms with Crippen molar-refractivity contribution >= 4 is 11.0 Å². The number of nitrogens with two attached hydrogens (primary N) is 1. The lowest BCUT2D eigenvalue weighted by Gasteiger charge is -2.14. The molecule has 0 amide bonds. The second-order valence-corrected chi connectivity index (χ2v) is 6.98. The van der Waals surface area contributed by atoms with Gasteiger partial charge in [-0.2, -0.15) is 0 Å². The lowest BCUT2D eigenvalue weighted by Crippen LogP contribution is -2.17. The Morgan fingerprint density at radius 2 is 1.58 bits per heavy atom. The normalized spacial score (nSPS) is 12.8. The van der Waals surface area contributed by atoms with Gasteiger partial charge < -0.3 is 10.3 Å². The Morgan fingerprint density at radius 3 is 2.33 bits per heavy atom. The number of nitrogens with zero attached hydrogens (tertiary/aromatic N) is 2. The molecule has 0 bridgehead atoms. The molecule has 1 aromatic heterocycles. The zero-order valence-electron chi connectivity index (χ0n) is 15.6. The van der Waals surface area contributed by atoms with Crippen LogP contribution in [0.25, 0.3) is 11.0 Å². The summed E-state index contributed by atoms with van der Waals surface area (Å²) in [5, 5.41) is 0. The molecule has 2 rings (SSSR count). The van der Waals surface area contributed by atoms with E-state index in [9.17, 15) is 0 Å². The Labute approximate surface area is 147 Å². The van der Waals surface area contributed by atoms with Crippen molar-refractivity contribution in [2.45, 2.75) is 90.6 Å². The monoisotopic (exact) mass is 329 g/mol. The molecule has 0 radical (unpaired) electrons. The minimum atomic E-state index is 0.0573. The van der Waals surface area contributed by atoms with E-state index in [0.29, 0.717) is 0 Å². The summed E-state index contributed by atoms with van der Waals surface area (Å²) in [6, 6.07) is 8.51. The highest BCUT2D eigenvalue weighted by molar-refractivity contribution is 5.76. The maximum atomic E-state index is 6.45. The maximum Gasteiger partial charge on any atom is 0.126 e. The number of aryl methyl sites for hydroxylation is 1. The highest BCUT2D eigenvalue weighted by Gasteiger charge is 2.16. The number of fused-ring (bicyclic) bond motifs is 1. The maximum absolute atomic E-state index is 6.45. The van der Waals surface area contributed by atoms with Crippen LogP contribution in [0.3, 0.4) is 0 Å². The zero-order chi connectivity index (χ0) is 17.2. The fourth-order valence-electron chi connectivity index (χ4n) is 3.39. The molecule has 0 aliphatic rings. The van der Waals surface area contributed by atoms with E-state index in [2.05, 4.69) is 42.7 Å². The molecule has 3 nitrogen and oxygen atoms in total. The van der Waals surface area contributed by atoms with Crippen molar-refractivity contribution < 1.29 is 0 Å². The molecule has 134 valence electrons. The van der Waals surface area contributed by atoms with Crippen molar-refractivity contribution in [2.24, 2.45) is 5.73 Å². The second kappa shape index (κ2) is 10.5. The van der Waals surface area contributed by atoms with Crippen LogP contribution in [-0.4, -0.2) is 9.55 Å². The van der Waals surface area contributed by atoms with Crippen molar-refractivity contribution in [1.82, 2.24) is 9.55 Å². The van der Waals surface area contributed by atoms with E-state index >= 15 is 0 Å². The first kappa shape index (κ1) is 19.0. The van der Waals surface area contributed by atoms with E-state index in [-0.39, 0.29) is 6.04 Å². The molecule has 24 heavy (non-hydrogen) atoms. The minimum Gasteiger partial charge on any atom is -0.327 e. The number of hydrogen-bond donors (Lipinski definition) is 1. The van der Waals surface area contributed by atoms with Crippen LogP contribution in [0, 0.1) is 0 Å². The number of benzene rings is 1. The molecule has 1 atom stereocenters. The van der Waals surface area contributed by atoms with Gasteiger partial charge in [0.25, 0.3) is 0 Å². The van der Waals surface area contributed by atoms with Crippen molar-refractivity contribution in [3.63, 3.8) is 0 Å². The lowest BCUT2D eigenvalue weighted by atomic mass is 10.1. The molecule has 0 saturated heterocycles. The van der Waals surface area contributed by atoms with Crippen LogP contribution < -0.4 is 5.73 Å². The Kier molecular flexibility index (Phi) is 8.31. The third-order valence-corrected chi connectivity index (χ3v) is 4.87. The van der Waals surface area contributed by atoms with Crippen molar-refractivity contribution in [3.8, 4) is 0 Å². The molecule has 2 N–H and O–H groups in total. The first-order valence-electron chi connectivity index (χ1n) is 9.98. The standard InChI is InChI=1S/C21H35N3/c1-3-5-7-8-9-10-13-17-24-20-16-12-11-15-19(20)23-21(24)18(22)14-6-4-2/h11-12,15-16,18H,3-10,13-14,17,22H2,1-2H3. The summed E-state index contributed by atoms with van der Waals surface area (Å²) in [5.74, 6) is 1.08. The highest BCUT2D eigenvalue weighted by Crippen LogP contribution is 2.23. The summed E-state index contributed by atoms with van der Waals surface area (Å²) in [7, 11) is 0. The minimum absolute atomic E-state index is 0.0573. The first-order chi connectivity index (χ1) is 11.8. The average molecular weight is 330 g/mol. The molecular formula is C21H35N3. The summed E-state index contributed by atoms with van der Waals surface area (Å²) >= 11 is 0. The van der Waals surface area contributed by atoms with Crippen LogP contribution in [0.4, 0.5) is 0 Å². The number of para-hydroxylation sites is 2. The van der Waals surface area contributed by atoms with E-state index < -0.39 is 0 Å². The lowest BCUT2D eigenvalue weighted by molar-refractivity contribution is 0.510. The van der Waals surface area contributed by atoms with Crippen LogP contribution in [0.15, 0.2) is 24.3 Å². The van der Waals surface area contributed by atoms with Gasteiger partial charge in [0.2, 0.25) is 0 Å². The molecule has 0 aliphatic heterocycles. The van der Waals surface area contributed by atoms with E-state index in [0.717, 1.165) is 24.3 Å². The van der Waals surface area contributed by atoms with Gasteiger partial charge in [-0.25, -0.2) is 4.98 Å². The average Bonchev–Trinajstić information content (AvgIpc) is 2.98. The Bertz CT molecular complexity index is 588. The summed E-state index contributed by atoms with van der Waals surface area (Å²) in [6.45, 7) is 5.53. The van der Waals surface area contributed by atoms with Crippen LogP contribution in [-0.2, 0) is 6.54 Å². The van der Waals surface area contributed by atoms with Gasteiger partial charge in [0, 0.05) is 6.54 Å². The summed E-state index contributed by atoms with van der Waals surface area (Å²) in [5.41, 5.74) is 8.77. The molecule has 3 heteroatoms. The van der Waals surface area contributed by atoms with Gasteiger partial charge in [0.15, 0.2) is 0 Å². The van der Waals surface area contributed by atoms with Crippen LogP contribution in [0.2, 0.25) is 0 Å². The molecular weight excluding hydrogens is 294 g/mol. The molecule has 0 fully saturated rings. The summed E-state index contributed by atoms with van der Waals surface area (Å²) < 4.78 is 2.38. The van der Waals surface area contributed by atoms with E-state index in [1.165, 1.54) is 63.3 Å². The van der Waals surface area contributed by atoms with Gasteiger partial charge in [-0.15, -0.1) is 0 Å². The van der Waals surface area contributed by atoms with Crippen molar-refractivity contribution in [3.05, 3.63) is 30.1 Å². The Balaban J connectivity index is 1.98. The van der Waals surface area contributed by atoms with Crippen molar-refractivity contribution in [1.29, 1.82) is 0 Å². The fourth-order valence-corrected chi connectivity index (χ4v) is 3.39. The van der Waals surface area contributed by atoms with E-state index in [1.54, 1.807) is 0 Å². The van der Waals surface area contributed by atoms with Gasteiger partial charge in [-0.1, -0.05) is 77.3 Å². The number of unbranched alkanes of at least 4 members (excludes halogenated alkanes) is 7. The van der Waals surface area contributed by atoms with Gasteiger partial charge in [0.1, 0.15) is 5.82 Å². The topological polar surface area (TPSA) is 43.8 Å². The predicted molar refractivity (Wildman–Crippen MR) is 104 cm³/mol. The number of aromatic nitrogens is 2. The third-order valence-electron chi connectivity index (χ3n) is 4.87. The van der Waals surface area contributed by atoms with Crippen LogP contribution >= 0.6 is 0 Å². The first-order valence-corrected chi connectivity index (χ1v) is 9.98. The smallest absolute Gasteiger partial charge is 0.126 e. The highest BCUT2D eigenvalue weighted by atomic mass is 15.1. The molecule has 2 aromatic rings. The van der Waals surface area contributed by atoms with Gasteiger partial charge in [-0.05, 0) is 25.0 Å². The second-order valence-electron chi connectivity index (χ2n) is 6.98. The van der Waals surface area contributed by atoms with Crippen LogP contribution in [0.5, 0.6) is 0 Å². The number of rotatable bonds is 12. The predicted octanol–water partition coefficient (Wildman–Crippen LogP) is 5.98. The Morgan fingerprint density at radius 1 is 0.917 bits per heavy atom. The molecule has 0 saturated carbocycles. The van der Waals surface area contributed by atoms with E-state index in [1.807, 2.05) is 0 Å². The number of imidazole rings is 1. The van der Waals surface area contributed by atoms with Gasteiger partial charge in [0.05, 0.1) is 17.1 Å². The summed E-state index contributed by atoms with van der Waals surface area (Å²) in [4.78, 5) is 4.84. The van der Waals surface area contributed by atoms with E-state index in [4.69, 9.17) is 10.7 Å². The largest absolute Gasteiger partial charge is 0.327 e. The molecule has 1 aromatic carbocycles. The zero-order valence-corrected chi connectivity index (χ0v) is 15.6. The summed E-state index contributed by atoms with van der Waals surface area (Å²) in [6.07, 6.45) is 12.7. The fraction of sp³-hybridized carbons (Fsp3) is 0.667. The number of hydrogen-bond acceptors (Lipinski definition) is 2. The third kappa shape index (κ3) is 5.34. The quantitative estimate of drug-likeness (QED) is 0.487. The molecule has 1 heterocycles. The Hall–Kier alpha value is -1.35. The van der Waals surface area contributed by atoms with Crippen molar-refractivity contribution in [2.75, 3.05) is 0 Å².